The first-order chi connectivity index (χ1) is 11.6. The van der Waals surface area contributed by atoms with E-state index in [4.69, 9.17) is 4.42 Å². The summed E-state index contributed by atoms with van der Waals surface area (Å²) in [4.78, 5) is 31.0. The Hall–Kier alpha value is -3.21. The number of amides is 2. The number of imide groups is 1. The molecule has 0 radical (unpaired) electrons. The van der Waals surface area contributed by atoms with Crippen LogP contribution in [0.4, 0.5) is 5.69 Å². The van der Waals surface area contributed by atoms with E-state index in [-0.39, 0.29) is 11.8 Å². The van der Waals surface area contributed by atoms with E-state index in [9.17, 15) is 9.59 Å². The van der Waals surface area contributed by atoms with Crippen molar-refractivity contribution in [3.63, 3.8) is 0 Å². The minimum Gasteiger partial charge on any atom is -0.441 e. The van der Waals surface area contributed by atoms with Crippen LogP contribution in [0.25, 0.3) is 11.5 Å². The van der Waals surface area contributed by atoms with Crippen molar-refractivity contribution >= 4 is 17.5 Å². The van der Waals surface area contributed by atoms with Crippen LogP contribution in [0.1, 0.15) is 32.2 Å². The molecule has 2 aromatic carbocycles. The standard InChI is InChI=1S/C19H14N2O3/c1-11-12(2)24-17(20-11)15-9-5-6-10-16(15)21-18(22)13-7-3-4-8-14(13)19(21)23/h3-10H,1-2H3. The van der Waals surface area contributed by atoms with Gasteiger partial charge in [0.25, 0.3) is 11.8 Å². The van der Waals surface area contributed by atoms with Gasteiger partial charge in [-0.05, 0) is 38.1 Å². The molecule has 0 saturated heterocycles. The van der Waals surface area contributed by atoms with E-state index < -0.39 is 0 Å². The number of anilines is 1. The van der Waals surface area contributed by atoms with Crippen molar-refractivity contribution in [2.24, 2.45) is 0 Å². The second-order valence-electron chi connectivity index (χ2n) is 5.67. The minimum atomic E-state index is -0.331. The normalized spacial score (nSPS) is 13.5. The van der Waals surface area contributed by atoms with Crippen LogP contribution in [0, 0.1) is 13.8 Å². The molecule has 0 bridgehead atoms. The zero-order valence-electron chi connectivity index (χ0n) is 13.2. The van der Waals surface area contributed by atoms with Crippen LogP contribution in [0.5, 0.6) is 0 Å². The third kappa shape index (κ3) is 1.98. The number of carbonyl (C=O) groups excluding carboxylic acids is 2. The Kier molecular flexibility index (Phi) is 3.09. The smallest absolute Gasteiger partial charge is 0.266 e. The molecule has 0 unspecified atom stereocenters. The van der Waals surface area contributed by atoms with Crippen molar-refractivity contribution < 1.29 is 14.0 Å². The van der Waals surface area contributed by atoms with Crippen LogP contribution < -0.4 is 4.90 Å². The quantitative estimate of drug-likeness (QED) is 0.675. The summed E-state index contributed by atoms with van der Waals surface area (Å²) in [6.07, 6.45) is 0. The van der Waals surface area contributed by atoms with Gasteiger partial charge in [0.15, 0.2) is 0 Å². The molecule has 0 aliphatic carbocycles. The summed E-state index contributed by atoms with van der Waals surface area (Å²) in [7, 11) is 0. The highest BCUT2D eigenvalue weighted by Gasteiger charge is 2.37. The largest absolute Gasteiger partial charge is 0.441 e. The van der Waals surface area contributed by atoms with E-state index in [0.29, 0.717) is 34.0 Å². The molecular weight excluding hydrogens is 304 g/mol. The number of oxazole rings is 1. The Morgan fingerprint density at radius 3 is 1.92 bits per heavy atom. The summed E-state index contributed by atoms with van der Waals surface area (Å²) >= 11 is 0. The maximum atomic E-state index is 12.7. The van der Waals surface area contributed by atoms with E-state index in [0.717, 1.165) is 5.69 Å². The number of carbonyl (C=O) groups is 2. The number of rotatable bonds is 2. The summed E-state index contributed by atoms with van der Waals surface area (Å²) in [5.74, 6) is 0.449. The van der Waals surface area contributed by atoms with E-state index in [1.807, 2.05) is 19.9 Å². The second kappa shape index (κ2) is 5.16. The van der Waals surface area contributed by atoms with Crippen molar-refractivity contribution in [1.82, 2.24) is 4.98 Å². The van der Waals surface area contributed by atoms with Gasteiger partial charge in [-0.3, -0.25) is 9.59 Å². The lowest BCUT2D eigenvalue weighted by Crippen LogP contribution is -2.29. The fourth-order valence-corrected chi connectivity index (χ4v) is 2.85. The molecule has 2 amide bonds. The fraction of sp³-hybridized carbons (Fsp3) is 0.105. The van der Waals surface area contributed by atoms with Crippen molar-refractivity contribution in [2.45, 2.75) is 13.8 Å². The third-order valence-electron chi connectivity index (χ3n) is 4.20. The van der Waals surface area contributed by atoms with Gasteiger partial charge in [-0.1, -0.05) is 24.3 Å². The topological polar surface area (TPSA) is 63.4 Å². The monoisotopic (exact) mass is 318 g/mol. The number of hydrogen-bond acceptors (Lipinski definition) is 4. The van der Waals surface area contributed by atoms with Crippen molar-refractivity contribution in [1.29, 1.82) is 0 Å². The Balaban J connectivity index is 1.87. The van der Waals surface area contributed by atoms with Crippen LogP contribution in [-0.4, -0.2) is 16.8 Å². The highest BCUT2D eigenvalue weighted by molar-refractivity contribution is 6.35. The molecule has 2 heterocycles. The Morgan fingerprint density at radius 2 is 1.38 bits per heavy atom. The molecule has 5 heteroatoms. The van der Waals surface area contributed by atoms with Crippen LogP contribution in [0.15, 0.2) is 52.9 Å². The highest BCUT2D eigenvalue weighted by Crippen LogP contribution is 2.36. The van der Waals surface area contributed by atoms with Gasteiger partial charge in [0.1, 0.15) is 5.76 Å². The van der Waals surface area contributed by atoms with Crippen molar-refractivity contribution in [3.05, 3.63) is 71.1 Å². The first kappa shape index (κ1) is 14.4. The molecule has 1 aliphatic heterocycles. The van der Waals surface area contributed by atoms with Crippen molar-refractivity contribution in [2.75, 3.05) is 4.90 Å². The van der Waals surface area contributed by atoms with E-state index >= 15 is 0 Å². The highest BCUT2D eigenvalue weighted by atomic mass is 16.4. The van der Waals surface area contributed by atoms with Gasteiger partial charge < -0.3 is 4.42 Å². The molecule has 0 spiro atoms. The lowest BCUT2D eigenvalue weighted by molar-refractivity contribution is 0.0926. The molecule has 3 aromatic rings. The molecule has 1 aromatic heterocycles. The van der Waals surface area contributed by atoms with Crippen molar-refractivity contribution in [3.8, 4) is 11.5 Å². The zero-order chi connectivity index (χ0) is 16.8. The van der Waals surface area contributed by atoms with Gasteiger partial charge in [0.2, 0.25) is 5.89 Å². The van der Waals surface area contributed by atoms with E-state index in [1.54, 1.807) is 42.5 Å². The van der Waals surface area contributed by atoms with Gasteiger partial charge in [-0.25, -0.2) is 9.88 Å². The van der Waals surface area contributed by atoms with Crippen LogP contribution >= 0.6 is 0 Å². The number of nitrogens with zero attached hydrogens (tertiary/aromatic N) is 2. The lowest BCUT2D eigenvalue weighted by atomic mass is 10.1. The first-order valence-corrected chi connectivity index (χ1v) is 7.59. The number of aryl methyl sites for hydroxylation is 2. The predicted octanol–water partition coefficient (Wildman–Crippen LogP) is 3.76. The number of para-hydroxylation sites is 1. The summed E-state index contributed by atoms with van der Waals surface area (Å²) < 4.78 is 5.69. The molecule has 24 heavy (non-hydrogen) atoms. The van der Waals surface area contributed by atoms with Crippen LogP contribution in [0.2, 0.25) is 0 Å². The van der Waals surface area contributed by atoms with Gasteiger partial charge in [0, 0.05) is 0 Å². The van der Waals surface area contributed by atoms with Crippen LogP contribution in [-0.2, 0) is 0 Å². The molecule has 118 valence electrons. The van der Waals surface area contributed by atoms with Gasteiger partial charge in [-0.2, -0.15) is 0 Å². The predicted molar refractivity (Wildman–Crippen MR) is 89.0 cm³/mol. The summed E-state index contributed by atoms with van der Waals surface area (Å²) in [5, 5.41) is 0. The van der Waals surface area contributed by atoms with Gasteiger partial charge >= 0.3 is 0 Å². The second-order valence-corrected chi connectivity index (χ2v) is 5.67. The molecule has 0 fully saturated rings. The average molecular weight is 318 g/mol. The Labute approximate surface area is 138 Å². The molecule has 0 saturated carbocycles. The fourth-order valence-electron chi connectivity index (χ4n) is 2.85. The average Bonchev–Trinajstić information content (AvgIpc) is 3.06. The molecule has 1 aliphatic rings. The summed E-state index contributed by atoms with van der Waals surface area (Å²) in [6, 6.07) is 14.0. The first-order valence-electron chi connectivity index (χ1n) is 7.59. The maximum absolute atomic E-state index is 12.7. The maximum Gasteiger partial charge on any atom is 0.266 e. The SMILES string of the molecule is Cc1nc(-c2ccccc2N2C(=O)c3ccccc3C2=O)oc1C. The number of benzene rings is 2. The zero-order valence-corrected chi connectivity index (χ0v) is 13.2. The molecule has 4 rings (SSSR count). The molecule has 0 N–H and O–H groups in total. The Bertz CT molecular complexity index is 933. The summed E-state index contributed by atoms with van der Waals surface area (Å²) in [5.41, 5.74) is 2.70. The Morgan fingerprint density at radius 1 is 0.833 bits per heavy atom. The number of fused-ring (bicyclic) bond motifs is 1. The van der Waals surface area contributed by atoms with E-state index in [2.05, 4.69) is 4.98 Å². The number of hydrogen-bond donors (Lipinski definition) is 0. The van der Waals surface area contributed by atoms with Crippen LogP contribution in [0.3, 0.4) is 0 Å². The molecule has 0 atom stereocenters. The summed E-state index contributed by atoms with van der Waals surface area (Å²) in [6.45, 7) is 3.68. The minimum absolute atomic E-state index is 0.331. The molecule has 5 nitrogen and oxygen atoms in total. The molecular formula is C19H14N2O3. The van der Waals surface area contributed by atoms with E-state index in [1.165, 1.54) is 4.90 Å². The lowest BCUT2D eigenvalue weighted by Gasteiger charge is -2.16. The van der Waals surface area contributed by atoms with Gasteiger partial charge in [0.05, 0.1) is 28.1 Å². The third-order valence-corrected chi connectivity index (χ3v) is 4.20. The van der Waals surface area contributed by atoms with Gasteiger partial charge in [-0.15, -0.1) is 0 Å². The number of aromatic nitrogens is 1.